The number of carbonyl (C=O) groups excluding carboxylic acids is 2. The van der Waals surface area contributed by atoms with E-state index in [0.29, 0.717) is 19.0 Å². The van der Waals surface area contributed by atoms with Gasteiger partial charge >= 0.3 is 12.1 Å². The van der Waals surface area contributed by atoms with Gasteiger partial charge in [-0.25, -0.2) is 14.6 Å². The van der Waals surface area contributed by atoms with E-state index in [1.165, 1.54) is 0 Å². The minimum Gasteiger partial charge on any atom is -0.459 e. The summed E-state index contributed by atoms with van der Waals surface area (Å²) in [6.45, 7) is 13.0. The number of esters is 1. The second-order valence-electron chi connectivity index (χ2n) is 8.77. The second kappa shape index (κ2) is 7.44. The van der Waals surface area contributed by atoms with Crippen LogP contribution in [0.15, 0.2) is 18.3 Å². The maximum atomic E-state index is 12.7. The molecule has 1 saturated heterocycles. The van der Waals surface area contributed by atoms with Crippen molar-refractivity contribution in [1.82, 2.24) is 10.0 Å². The molecule has 150 valence electrons. The molecular weight excluding hydrogens is 350 g/mol. The number of hydrogen-bond donors (Lipinski definition) is 1. The highest BCUT2D eigenvalue weighted by atomic mass is 16.8. The number of rotatable bonds is 5. The summed E-state index contributed by atoms with van der Waals surface area (Å²) >= 11 is 0. The van der Waals surface area contributed by atoms with Crippen LogP contribution in [-0.4, -0.2) is 45.6 Å². The van der Waals surface area contributed by atoms with E-state index < -0.39 is 22.8 Å². The number of nitrogens with one attached hydrogen (secondary N) is 1. The van der Waals surface area contributed by atoms with Crippen molar-refractivity contribution in [3.63, 3.8) is 0 Å². The van der Waals surface area contributed by atoms with Crippen LogP contribution in [0.5, 0.6) is 0 Å². The molecule has 27 heavy (non-hydrogen) atoms. The third-order valence-electron chi connectivity index (χ3n) is 3.65. The lowest BCUT2D eigenvalue weighted by Gasteiger charge is -2.30. The molecule has 0 radical (unpaired) electrons. The van der Waals surface area contributed by atoms with E-state index in [1.807, 2.05) is 20.8 Å². The van der Waals surface area contributed by atoms with Gasteiger partial charge in [0.15, 0.2) is 0 Å². The quantitative estimate of drug-likeness (QED) is 0.620. The van der Waals surface area contributed by atoms with Gasteiger partial charge in [0.05, 0.1) is 0 Å². The lowest BCUT2D eigenvalue weighted by atomic mass is 9.93. The van der Waals surface area contributed by atoms with Gasteiger partial charge in [-0.05, 0) is 60.1 Å². The molecule has 1 N–H and O–H groups in total. The molecule has 1 aliphatic rings. The van der Waals surface area contributed by atoms with Crippen molar-refractivity contribution >= 4 is 17.9 Å². The number of aromatic nitrogens is 1. The summed E-state index contributed by atoms with van der Waals surface area (Å²) in [5.41, 5.74) is -1.31. The normalized spacial score (nSPS) is 19.0. The van der Waals surface area contributed by atoms with E-state index in [1.54, 1.807) is 51.1 Å². The van der Waals surface area contributed by atoms with Gasteiger partial charge in [-0.1, -0.05) is 6.07 Å². The molecule has 0 aliphatic carbocycles. The molecule has 8 heteroatoms. The summed E-state index contributed by atoms with van der Waals surface area (Å²) in [5, 5.41) is 4.17. The highest BCUT2D eigenvalue weighted by molar-refractivity contribution is 5.83. The molecule has 1 amide bonds. The molecule has 2 rings (SSSR count). The van der Waals surface area contributed by atoms with Crippen molar-refractivity contribution in [1.29, 1.82) is 0 Å². The summed E-state index contributed by atoms with van der Waals surface area (Å²) in [4.78, 5) is 33.9. The molecule has 0 spiro atoms. The van der Waals surface area contributed by atoms with Crippen LogP contribution < -0.4 is 5.32 Å². The number of ether oxygens (including phenoxy) is 2. The maximum absolute atomic E-state index is 12.7. The molecule has 0 bridgehead atoms. The number of pyridine rings is 1. The number of carbonyl (C=O) groups is 2. The van der Waals surface area contributed by atoms with Crippen LogP contribution >= 0.6 is 0 Å². The smallest absolute Gasteiger partial charge is 0.413 e. The molecule has 2 heterocycles. The number of anilines is 1. The van der Waals surface area contributed by atoms with Gasteiger partial charge in [-0.2, -0.15) is 0 Å². The van der Waals surface area contributed by atoms with Gasteiger partial charge in [0.25, 0.3) is 0 Å². The van der Waals surface area contributed by atoms with Crippen LogP contribution in [0.4, 0.5) is 10.6 Å². The van der Waals surface area contributed by atoms with Crippen molar-refractivity contribution in [3.8, 4) is 0 Å². The molecule has 1 fully saturated rings. The minimum atomic E-state index is -0.949. The highest BCUT2D eigenvalue weighted by Crippen LogP contribution is 2.31. The summed E-state index contributed by atoms with van der Waals surface area (Å²) in [6.07, 6.45) is 1.40. The Kier molecular flexibility index (Phi) is 5.82. The predicted molar refractivity (Wildman–Crippen MR) is 99.8 cm³/mol. The average molecular weight is 379 g/mol. The standard InChI is InChI=1S/C19H29N3O5/c1-17(2,3)26-15(23)19(7,22-12-25-22)10-13-8-9-14(20-11-13)21-16(24)27-18(4,5)6/h8-9,11H,10,12H2,1-7H3,(H,20,21,24)/t19-,22?/m0/s1. The molecule has 1 aliphatic heterocycles. The summed E-state index contributed by atoms with van der Waals surface area (Å²) in [6, 6.07) is 3.46. The Hall–Kier alpha value is -2.19. The Bertz CT molecular complexity index is 687. The molecule has 2 atom stereocenters. The van der Waals surface area contributed by atoms with Crippen molar-refractivity contribution < 1.29 is 23.9 Å². The van der Waals surface area contributed by atoms with Crippen LogP contribution in [0, 0.1) is 0 Å². The fourth-order valence-electron chi connectivity index (χ4n) is 2.37. The lowest BCUT2D eigenvalue weighted by molar-refractivity contribution is -0.169. The Morgan fingerprint density at radius 1 is 1.11 bits per heavy atom. The van der Waals surface area contributed by atoms with E-state index >= 15 is 0 Å². The van der Waals surface area contributed by atoms with E-state index in [9.17, 15) is 9.59 Å². The van der Waals surface area contributed by atoms with Gasteiger partial charge in [0, 0.05) is 12.6 Å². The first-order chi connectivity index (χ1) is 12.3. The number of hydroxylamine groups is 2. The fraction of sp³-hybridized carbons (Fsp3) is 0.632. The van der Waals surface area contributed by atoms with Crippen LogP contribution in [0.1, 0.15) is 54.0 Å². The maximum Gasteiger partial charge on any atom is 0.413 e. The Balaban J connectivity index is 2.05. The van der Waals surface area contributed by atoms with Crippen LogP contribution in [-0.2, 0) is 25.5 Å². The van der Waals surface area contributed by atoms with Crippen LogP contribution in [0.25, 0.3) is 0 Å². The van der Waals surface area contributed by atoms with E-state index in [2.05, 4.69) is 10.3 Å². The summed E-state index contributed by atoms with van der Waals surface area (Å²) < 4.78 is 10.7. The molecule has 1 aromatic rings. The zero-order chi connectivity index (χ0) is 20.5. The monoisotopic (exact) mass is 379 g/mol. The van der Waals surface area contributed by atoms with E-state index in [4.69, 9.17) is 14.3 Å². The van der Waals surface area contributed by atoms with Gasteiger partial charge in [0.1, 0.15) is 29.3 Å². The summed E-state index contributed by atoms with van der Waals surface area (Å²) in [7, 11) is 0. The molecular formula is C19H29N3O5. The number of amides is 1. The topological polar surface area (TPSA) is 93.1 Å². The first kappa shape index (κ1) is 21.1. The largest absolute Gasteiger partial charge is 0.459 e. The van der Waals surface area contributed by atoms with Gasteiger partial charge < -0.3 is 9.47 Å². The third kappa shape index (κ3) is 6.48. The average Bonchev–Trinajstić information content (AvgIpc) is 3.30. The Morgan fingerprint density at radius 2 is 1.70 bits per heavy atom. The second-order valence-corrected chi connectivity index (χ2v) is 8.77. The van der Waals surface area contributed by atoms with Crippen molar-refractivity contribution in [2.45, 2.75) is 71.6 Å². The van der Waals surface area contributed by atoms with Crippen molar-refractivity contribution in [3.05, 3.63) is 23.9 Å². The number of hydrogen-bond acceptors (Lipinski definition) is 7. The SMILES string of the molecule is CC(C)(C)OC(=O)Nc1ccc(C[C@@](C)(C(=O)OC(C)(C)C)N2CO2)cn1. The van der Waals surface area contributed by atoms with Gasteiger partial charge in [-0.15, -0.1) is 5.06 Å². The zero-order valence-electron chi connectivity index (χ0n) is 17.1. The van der Waals surface area contributed by atoms with Crippen LogP contribution in [0.3, 0.4) is 0 Å². The van der Waals surface area contributed by atoms with Crippen molar-refractivity contribution in [2.75, 3.05) is 12.0 Å². The number of nitrogens with zero attached hydrogens (tertiary/aromatic N) is 2. The Morgan fingerprint density at radius 3 is 2.15 bits per heavy atom. The highest BCUT2D eigenvalue weighted by Gasteiger charge is 2.49. The fourth-order valence-corrected chi connectivity index (χ4v) is 2.37. The summed E-state index contributed by atoms with van der Waals surface area (Å²) in [5.74, 6) is 0.0124. The lowest BCUT2D eigenvalue weighted by Crippen LogP contribution is -2.48. The van der Waals surface area contributed by atoms with Gasteiger partial charge in [-0.3, -0.25) is 10.2 Å². The van der Waals surface area contributed by atoms with Crippen molar-refractivity contribution in [2.24, 2.45) is 0 Å². The molecule has 1 aromatic heterocycles. The predicted octanol–water partition coefficient (Wildman–Crippen LogP) is 3.28. The van der Waals surface area contributed by atoms with E-state index in [-0.39, 0.29) is 5.97 Å². The minimum absolute atomic E-state index is 0.358. The zero-order valence-corrected chi connectivity index (χ0v) is 17.1. The van der Waals surface area contributed by atoms with E-state index in [0.717, 1.165) is 5.56 Å². The molecule has 0 saturated carbocycles. The molecule has 8 nitrogen and oxygen atoms in total. The van der Waals surface area contributed by atoms with Crippen LogP contribution in [0.2, 0.25) is 0 Å². The first-order valence-corrected chi connectivity index (χ1v) is 8.87. The Labute approximate surface area is 160 Å². The van der Waals surface area contributed by atoms with Gasteiger partial charge in [0.2, 0.25) is 0 Å². The third-order valence-corrected chi connectivity index (χ3v) is 3.65. The first-order valence-electron chi connectivity index (χ1n) is 8.87. The molecule has 0 aromatic carbocycles. The molecule has 1 unspecified atom stereocenters.